The molecule has 1 aliphatic heterocycles. The molecule has 1 heterocycles. The fourth-order valence-corrected chi connectivity index (χ4v) is 2.16. The fourth-order valence-electron chi connectivity index (χ4n) is 2.16. The Morgan fingerprint density at radius 2 is 2.31 bits per heavy atom. The third-order valence-electron chi connectivity index (χ3n) is 2.90. The minimum atomic E-state index is 0.113. The van der Waals surface area contributed by atoms with Gasteiger partial charge in [-0.15, -0.1) is 0 Å². The summed E-state index contributed by atoms with van der Waals surface area (Å²) in [6.45, 7) is 5.90. The first kappa shape index (κ1) is 10.7. The molecule has 1 saturated heterocycles. The molecule has 1 fully saturated rings. The third-order valence-corrected chi connectivity index (χ3v) is 2.90. The second-order valence-corrected chi connectivity index (χ2v) is 3.83. The van der Waals surface area contributed by atoms with Gasteiger partial charge in [-0.2, -0.15) is 0 Å². The van der Waals surface area contributed by atoms with Crippen molar-refractivity contribution >= 4 is 5.78 Å². The fraction of sp³-hybridized carbons (Fsp3) is 0.900. The third kappa shape index (κ3) is 2.51. The summed E-state index contributed by atoms with van der Waals surface area (Å²) in [5.41, 5.74) is 0. The monoisotopic (exact) mass is 185 g/mol. The maximum absolute atomic E-state index is 11.3. The van der Waals surface area contributed by atoms with Crippen molar-refractivity contribution in [1.82, 2.24) is 4.90 Å². The van der Waals surface area contributed by atoms with Gasteiger partial charge in [0.05, 0.1) is 6.04 Å². The number of hydrogen-bond donors (Lipinski definition) is 1. The van der Waals surface area contributed by atoms with Gasteiger partial charge in [0.15, 0.2) is 0 Å². The molecular weight excluding hydrogens is 166 g/mol. The number of likely N-dealkylation sites (N-methyl/N-ethyl adjacent to an activating group) is 1. The zero-order valence-electron chi connectivity index (χ0n) is 8.49. The highest BCUT2D eigenvalue weighted by Crippen LogP contribution is 2.25. The normalized spacial score (nSPS) is 29.5. The van der Waals surface area contributed by atoms with Gasteiger partial charge in [-0.05, 0) is 32.2 Å². The number of aliphatic hydroxyl groups excluding tert-OH is 1. The van der Waals surface area contributed by atoms with Gasteiger partial charge in [0.1, 0.15) is 5.78 Å². The minimum absolute atomic E-state index is 0.113. The standard InChI is InChI=1S/C10H19NO2/c1-3-11-7-9(4-5-12)6-10(11)8(2)13/h9-10,12H,3-7H2,1-2H3. The molecule has 1 N–H and O–H groups in total. The molecule has 0 aliphatic carbocycles. The van der Waals surface area contributed by atoms with Gasteiger partial charge in [-0.25, -0.2) is 0 Å². The Hall–Kier alpha value is -0.410. The highest BCUT2D eigenvalue weighted by atomic mass is 16.3. The predicted octanol–water partition coefficient (Wildman–Crippen LogP) is 0.668. The van der Waals surface area contributed by atoms with Crippen LogP contribution in [0, 0.1) is 5.92 Å². The van der Waals surface area contributed by atoms with E-state index in [9.17, 15) is 4.79 Å². The molecule has 3 heteroatoms. The van der Waals surface area contributed by atoms with Crippen LogP contribution in [0.1, 0.15) is 26.7 Å². The molecule has 2 atom stereocenters. The molecule has 76 valence electrons. The van der Waals surface area contributed by atoms with Crippen molar-refractivity contribution in [3.63, 3.8) is 0 Å². The van der Waals surface area contributed by atoms with E-state index in [1.807, 2.05) is 0 Å². The van der Waals surface area contributed by atoms with Crippen LogP contribution >= 0.6 is 0 Å². The number of carbonyl (C=O) groups is 1. The number of Topliss-reactive ketones (excluding diaryl/α,β-unsaturated/α-hetero) is 1. The SMILES string of the molecule is CCN1CC(CCO)CC1C(C)=O. The number of hydrogen-bond acceptors (Lipinski definition) is 3. The van der Waals surface area contributed by atoms with Crippen LogP contribution in [0.3, 0.4) is 0 Å². The molecule has 0 saturated carbocycles. The predicted molar refractivity (Wildman–Crippen MR) is 51.5 cm³/mol. The smallest absolute Gasteiger partial charge is 0.146 e. The molecule has 0 spiro atoms. The lowest BCUT2D eigenvalue weighted by Crippen LogP contribution is -2.34. The van der Waals surface area contributed by atoms with Crippen LogP contribution < -0.4 is 0 Å². The average Bonchev–Trinajstić information content (AvgIpc) is 2.48. The van der Waals surface area contributed by atoms with E-state index in [-0.39, 0.29) is 18.4 Å². The Bertz CT molecular complexity index is 182. The van der Waals surface area contributed by atoms with Crippen LogP contribution in [0.15, 0.2) is 0 Å². The van der Waals surface area contributed by atoms with Gasteiger partial charge in [0, 0.05) is 13.2 Å². The number of ketones is 1. The lowest BCUT2D eigenvalue weighted by Gasteiger charge is -2.19. The second-order valence-electron chi connectivity index (χ2n) is 3.83. The Labute approximate surface area is 79.7 Å². The van der Waals surface area contributed by atoms with Crippen LogP contribution in [0.5, 0.6) is 0 Å². The number of nitrogens with zero attached hydrogens (tertiary/aromatic N) is 1. The first-order valence-corrected chi connectivity index (χ1v) is 5.04. The Kier molecular flexibility index (Phi) is 3.88. The van der Waals surface area contributed by atoms with E-state index in [4.69, 9.17) is 5.11 Å². The minimum Gasteiger partial charge on any atom is -0.396 e. The van der Waals surface area contributed by atoms with Crippen LogP contribution in [-0.2, 0) is 4.79 Å². The van der Waals surface area contributed by atoms with Crippen molar-refractivity contribution in [3.8, 4) is 0 Å². The molecule has 0 aromatic heterocycles. The average molecular weight is 185 g/mol. The topological polar surface area (TPSA) is 40.5 Å². The molecular formula is C10H19NO2. The van der Waals surface area contributed by atoms with E-state index in [1.54, 1.807) is 6.92 Å². The number of likely N-dealkylation sites (tertiary alicyclic amines) is 1. The summed E-state index contributed by atoms with van der Waals surface area (Å²) in [4.78, 5) is 13.5. The lowest BCUT2D eigenvalue weighted by atomic mass is 10.0. The van der Waals surface area contributed by atoms with E-state index < -0.39 is 0 Å². The Morgan fingerprint density at radius 3 is 2.69 bits per heavy atom. The van der Waals surface area contributed by atoms with Crippen molar-refractivity contribution in [2.75, 3.05) is 19.7 Å². The highest BCUT2D eigenvalue weighted by Gasteiger charge is 2.33. The second kappa shape index (κ2) is 4.72. The summed E-state index contributed by atoms with van der Waals surface area (Å²) in [5, 5.41) is 8.81. The van der Waals surface area contributed by atoms with Crippen molar-refractivity contribution in [2.45, 2.75) is 32.7 Å². The van der Waals surface area contributed by atoms with Gasteiger partial charge in [-0.3, -0.25) is 9.69 Å². The van der Waals surface area contributed by atoms with Crippen LogP contribution in [-0.4, -0.2) is 41.5 Å². The van der Waals surface area contributed by atoms with E-state index in [1.165, 1.54) is 0 Å². The summed E-state index contributed by atoms with van der Waals surface area (Å²) >= 11 is 0. The van der Waals surface area contributed by atoms with E-state index >= 15 is 0 Å². The molecule has 1 rings (SSSR count). The van der Waals surface area contributed by atoms with Crippen LogP contribution in [0.2, 0.25) is 0 Å². The van der Waals surface area contributed by atoms with Crippen LogP contribution in [0.4, 0.5) is 0 Å². The quantitative estimate of drug-likeness (QED) is 0.699. The molecule has 1 aliphatic rings. The number of aliphatic hydroxyl groups is 1. The highest BCUT2D eigenvalue weighted by molar-refractivity contribution is 5.81. The summed E-state index contributed by atoms with van der Waals surface area (Å²) in [7, 11) is 0. The lowest BCUT2D eigenvalue weighted by molar-refractivity contribution is -0.121. The summed E-state index contributed by atoms with van der Waals surface area (Å²) < 4.78 is 0. The molecule has 0 aromatic rings. The summed E-state index contributed by atoms with van der Waals surface area (Å²) in [5.74, 6) is 0.779. The van der Waals surface area contributed by atoms with E-state index in [2.05, 4.69) is 11.8 Å². The van der Waals surface area contributed by atoms with Crippen molar-refractivity contribution in [2.24, 2.45) is 5.92 Å². The van der Waals surface area contributed by atoms with Crippen LogP contribution in [0.25, 0.3) is 0 Å². The zero-order valence-corrected chi connectivity index (χ0v) is 8.49. The van der Waals surface area contributed by atoms with E-state index in [0.717, 1.165) is 25.9 Å². The molecule has 0 radical (unpaired) electrons. The maximum atomic E-state index is 11.3. The molecule has 3 nitrogen and oxygen atoms in total. The van der Waals surface area contributed by atoms with Gasteiger partial charge < -0.3 is 5.11 Å². The summed E-state index contributed by atoms with van der Waals surface area (Å²) in [6.07, 6.45) is 1.77. The largest absolute Gasteiger partial charge is 0.396 e. The van der Waals surface area contributed by atoms with Gasteiger partial charge >= 0.3 is 0 Å². The molecule has 0 aromatic carbocycles. The number of carbonyl (C=O) groups excluding carboxylic acids is 1. The van der Waals surface area contributed by atoms with Gasteiger partial charge in [-0.1, -0.05) is 6.92 Å². The molecule has 0 amide bonds. The van der Waals surface area contributed by atoms with Gasteiger partial charge in [0.25, 0.3) is 0 Å². The molecule has 13 heavy (non-hydrogen) atoms. The first-order valence-electron chi connectivity index (χ1n) is 5.04. The van der Waals surface area contributed by atoms with Crippen molar-refractivity contribution in [3.05, 3.63) is 0 Å². The molecule has 2 unspecified atom stereocenters. The maximum Gasteiger partial charge on any atom is 0.146 e. The zero-order chi connectivity index (χ0) is 9.84. The summed E-state index contributed by atoms with van der Waals surface area (Å²) in [6, 6.07) is 0.113. The Balaban J connectivity index is 2.50. The first-order chi connectivity index (χ1) is 6.19. The molecule has 0 bridgehead atoms. The van der Waals surface area contributed by atoms with E-state index in [0.29, 0.717) is 5.92 Å². The van der Waals surface area contributed by atoms with Crippen molar-refractivity contribution < 1.29 is 9.90 Å². The number of rotatable bonds is 4. The Morgan fingerprint density at radius 1 is 1.62 bits per heavy atom. The van der Waals surface area contributed by atoms with Crippen molar-refractivity contribution in [1.29, 1.82) is 0 Å². The van der Waals surface area contributed by atoms with Gasteiger partial charge in [0.2, 0.25) is 0 Å².